The Balaban J connectivity index is 2.06. The number of fused-ring (bicyclic) bond motifs is 1. The van der Waals surface area contributed by atoms with Crippen LogP contribution < -0.4 is 0 Å². The smallest absolute Gasteiger partial charge is 0.195 e. The Bertz CT molecular complexity index is 473. The van der Waals surface area contributed by atoms with Crippen LogP contribution in [0.2, 0.25) is 0 Å². The molecule has 3 rings (SSSR count). The van der Waals surface area contributed by atoms with Gasteiger partial charge in [0.15, 0.2) is 23.8 Å². The van der Waals surface area contributed by atoms with Crippen molar-refractivity contribution in [3.63, 3.8) is 0 Å². The summed E-state index contributed by atoms with van der Waals surface area (Å²) < 4.78 is 5.00. The van der Waals surface area contributed by atoms with Crippen LogP contribution in [-0.4, -0.2) is 23.8 Å². The van der Waals surface area contributed by atoms with Crippen molar-refractivity contribution in [3.8, 4) is 0 Å². The lowest BCUT2D eigenvalue weighted by Crippen LogP contribution is -2.22. The minimum absolute atomic E-state index is 0.0780. The van der Waals surface area contributed by atoms with E-state index in [0.29, 0.717) is 5.57 Å². The number of Topliss-reactive ketones (excluding diaryl/α,β-unsaturated/α-hetero) is 1. The highest BCUT2D eigenvalue weighted by Crippen LogP contribution is 2.34. The molecular weight excluding hydrogens is 192 g/mol. The fraction of sp³-hybridized carbons (Fsp3) is 0.167. The highest BCUT2D eigenvalue weighted by molar-refractivity contribution is 6.32. The Kier molecular flexibility index (Phi) is 1.64. The summed E-state index contributed by atoms with van der Waals surface area (Å²) in [4.78, 5) is 23.2. The van der Waals surface area contributed by atoms with Gasteiger partial charge in [0, 0.05) is 5.57 Å². The normalized spacial score (nSPS) is 28.4. The van der Waals surface area contributed by atoms with Gasteiger partial charge < -0.3 is 4.74 Å². The van der Waals surface area contributed by atoms with E-state index in [9.17, 15) is 9.59 Å². The Morgan fingerprint density at radius 2 is 1.73 bits per heavy atom. The lowest BCUT2D eigenvalue weighted by Gasteiger charge is -2.07. The molecule has 3 nitrogen and oxygen atoms in total. The maximum absolute atomic E-state index is 11.8. The van der Waals surface area contributed by atoms with Crippen LogP contribution in [0, 0.1) is 0 Å². The SMILES string of the molecule is O=C1C=C(c2ccccc2)C(=O)C2OC12. The summed E-state index contributed by atoms with van der Waals surface area (Å²) in [5, 5.41) is 0. The van der Waals surface area contributed by atoms with Gasteiger partial charge in [0.05, 0.1) is 0 Å². The Labute approximate surface area is 86.4 Å². The van der Waals surface area contributed by atoms with Crippen LogP contribution >= 0.6 is 0 Å². The molecule has 0 aromatic heterocycles. The number of rotatable bonds is 1. The van der Waals surface area contributed by atoms with Crippen LogP contribution in [-0.2, 0) is 14.3 Å². The Morgan fingerprint density at radius 3 is 2.47 bits per heavy atom. The van der Waals surface area contributed by atoms with Gasteiger partial charge in [0.25, 0.3) is 0 Å². The Hall–Kier alpha value is -1.74. The Morgan fingerprint density at radius 1 is 1.00 bits per heavy atom. The second kappa shape index (κ2) is 2.87. The van der Waals surface area contributed by atoms with Crippen molar-refractivity contribution in [2.45, 2.75) is 12.2 Å². The van der Waals surface area contributed by atoms with Crippen LogP contribution in [0.15, 0.2) is 36.4 Å². The van der Waals surface area contributed by atoms with Crippen LogP contribution in [0.5, 0.6) is 0 Å². The summed E-state index contributed by atoms with van der Waals surface area (Å²) in [5.41, 5.74) is 1.25. The number of benzene rings is 1. The zero-order valence-electron chi connectivity index (χ0n) is 7.84. The number of hydrogen-bond acceptors (Lipinski definition) is 3. The van der Waals surface area contributed by atoms with E-state index in [1.54, 1.807) is 0 Å². The van der Waals surface area contributed by atoms with Crippen molar-refractivity contribution in [2.24, 2.45) is 0 Å². The molecular formula is C12H8O3. The van der Waals surface area contributed by atoms with Crippen molar-refractivity contribution < 1.29 is 14.3 Å². The summed E-state index contributed by atoms with van der Waals surface area (Å²) in [6, 6.07) is 9.19. The number of ether oxygens (including phenoxy) is 1. The van der Waals surface area contributed by atoms with Crippen molar-refractivity contribution in [1.82, 2.24) is 0 Å². The minimum Gasteiger partial charge on any atom is -0.352 e. The second-order valence-electron chi connectivity index (χ2n) is 3.67. The lowest BCUT2D eigenvalue weighted by molar-refractivity contribution is -0.118. The van der Waals surface area contributed by atoms with Gasteiger partial charge in [-0.05, 0) is 11.6 Å². The molecule has 0 spiro atoms. The third-order valence-electron chi connectivity index (χ3n) is 2.67. The first-order valence-corrected chi connectivity index (χ1v) is 4.78. The van der Waals surface area contributed by atoms with Gasteiger partial charge in [0.2, 0.25) is 0 Å². The highest BCUT2D eigenvalue weighted by Gasteiger charge is 2.53. The third kappa shape index (κ3) is 1.24. The van der Waals surface area contributed by atoms with Crippen LogP contribution in [0.4, 0.5) is 0 Å². The summed E-state index contributed by atoms with van der Waals surface area (Å²) >= 11 is 0. The number of carbonyl (C=O) groups excluding carboxylic acids is 2. The average molecular weight is 200 g/mol. The number of epoxide rings is 1. The van der Waals surface area contributed by atoms with Crippen LogP contribution in [0.1, 0.15) is 5.56 Å². The minimum atomic E-state index is -0.516. The quantitative estimate of drug-likeness (QED) is 0.635. The van der Waals surface area contributed by atoms with Crippen LogP contribution in [0.3, 0.4) is 0 Å². The molecule has 0 radical (unpaired) electrons. The first-order chi connectivity index (χ1) is 7.27. The zero-order chi connectivity index (χ0) is 10.4. The van der Waals surface area contributed by atoms with Crippen molar-refractivity contribution in [2.75, 3.05) is 0 Å². The zero-order valence-corrected chi connectivity index (χ0v) is 7.84. The van der Waals surface area contributed by atoms with Gasteiger partial charge in [-0.3, -0.25) is 9.59 Å². The molecule has 3 heteroatoms. The molecule has 1 aromatic carbocycles. The molecule has 2 unspecified atom stereocenters. The van der Waals surface area contributed by atoms with E-state index < -0.39 is 12.2 Å². The third-order valence-corrected chi connectivity index (χ3v) is 2.67. The molecule has 1 heterocycles. The molecule has 15 heavy (non-hydrogen) atoms. The molecule has 1 aromatic rings. The van der Waals surface area contributed by atoms with Crippen molar-refractivity contribution in [3.05, 3.63) is 42.0 Å². The summed E-state index contributed by atoms with van der Waals surface area (Å²) in [6.45, 7) is 0. The fourth-order valence-corrected chi connectivity index (χ4v) is 1.82. The van der Waals surface area contributed by atoms with Crippen molar-refractivity contribution >= 4 is 17.1 Å². The fourth-order valence-electron chi connectivity index (χ4n) is 1.82. The molecule has 1 fully saturated rings. The van der Waals surface area contributed by atoms with E-state index in [-0.39, 0.29) is 11.6 Å². The number of carbonyl (C=O) groups is 2. The standard InChI is InChI=1S/C12H8O3/c13-9-6-8(7-4-2-1-3-5-7)10(14)12-11(9)15-12/h1-6,11-12H. The summed E-state index contributed by atoms with van der Waals surface area (Å²) in [6.07, 6.45) is 0.383. The van der Waals surface area contributed by atoms with Gasteiger partial charge in [-0.1, -0.05) is 30.3 Å². The van der Waals surface area contributed by atoms with Gasteiger partial charge in [-0.25, -0.2) is 0 Å². The molecule has 74 valence electrons. The van der Waals surface area contributed by atoms with Gasteiger partial charge in [-0.15, -0.1) is 0 Å². The predicted octanol–water partition coefficient (Wildman–Crippen LogP) is 0.989. The van der Waals surface area contributed by atoms with E-state index >= 15 is 0 Å². The van der Waals surface area contributed by atoms with Gasteiger partial charge >= 0.3 is 0 Å². The maximum Gasteiger partial charge on any atom is 0.195 e. The molecule has 2 aliphatic rings. The molecule has 0 N–H and O–H groups in total. The molecule has 0 saturated carbocycles. The monoisotopic (exact) mass is 200 g/mol. The first-order valence-electron chi connectivity index (χ1n) is 4.78. The van der Waals surface area contributed by atoms with Crippen molar-refractivity contribution in [1.29, 1.82) is 0 Å². The first kappa shape index (κ1) is 8.56. The van der Waals surface area contributed by atoms with E-state index in [0.717, 1.165) is 5.56 Å². The van der Waals surface area contributed by atoms with E-state index in [2.05, 4.69) is 0 Å². The molecule has 1 aliphatic carbocycles. The summed E-state index contributed by atoms with van der Waals surface area (Å²) in [5.74, 6) is -0.177. The molecule has 2 atom stereocenters. The second-order valence-corrected chi connectivity index (χ2v) is 3.67. The van der Waals surface area contributed by atoms with Gasteiger partial charge in [-0.2, -0.15) is 0 Å². The molecule has 1 aliphatic heterocycles. The highest BCUT2D eigenvalue weighted by atomic mass is 16.6. The maximum atomic E-state index is 11.8. The van der Waals surface area contributed by atoms with E-state index in [4.69, 9.17) is 4.74 Å². The topological polar surface area (TPSA) is 46.7 Å². The number of ketones is 2. The van der Waals surface area contributed by atoms with E-state index in [1.807, 2.05) is 30.3 Å². The van der Waals surface area contributed by atoms with Crippen LogP contribution in [0.25, 0.3) is 5.57 Å². The lowest BCUT2D eigenvalue weighted by atomic mass is 9.92. The van der Waals surface area contributed by atoms with E-state index in [1.165, 1.54) is 6.08 Å². The molecule has 0 bridgehead atoms. The summed E-state index contributed by atoms with van der Waals surface area (Å²) in [7, 11) is 0. The molecule has 1 saturated heterocycles. The molecule has 0 amide bonds. The average Bonchev–Trinajstić information content (AvgIpc) is 3.05. The predicted molar refractivity (Wildman–Crippen MR) is 53.1 cm³/mol. The largest absolute Gasteiger partial charge is 0.352 e. The number of hydrogen-bond donors (Lipinski definition) is 0. The van der Waals surface area contributed by atoms with Gasteiger partial charge in [0.1, 0.15) is 0 Å².